The molecule has 1 aliphatic carbocycles. The van der Waals surface area contributed by atoms with E-state index in [1.165, 1.54) is 12.8 Å². The molecule has 100 valence electrons. The standard InChI is InChI=1S/C16H20N2O/c1-11-5-7-12(8-6-11)18-16(19)14-3-2-4-15-13(14)9-10-17-15/h2-4,9-12,17H,5-8H2,1H3,(H,18,19)/t11-,12-. The number of amides is 1. The minimum Gasteiger partial charge on any atom is -0.361 e. The Bertz CT molecular complexity index is 579. The normalized spacial score (nSPS) is 23.4. The molecular weight excluding hydrogens is 236 g/mol. The molecule has 1 fully saturated rings. The third kappa shape index (κ3) is 2.50. The Labute approximate surface area is 113 Å². The molecule has 3 nitrogen and oxygen atoms in total. The van der Waals surface area contributed by atoms with E-state index >= 15 is 0 Å². The number of nitrogens with one attached hydrogen (secondary N) is 2. The van der Waals surface area contributed by atoms with Crippen LogP contribution in [-0.4, -0.2) is 16.9 Å². The van der Waals surface area contributed by atoms with Crippen molar-refractivity contribution in [3.8, 4) is 0 Å². The molecule has 3 heteroatoms. The van der Waals surface area contributed by atoms with E-state index in [-0.39, 0.29) is 5.91 Å². The Morgan fingerprint density at radius 2 is 2.00 bits per heavy atom. The van der Waals surface area contributed by atoms with Crippen molar-refractivity contribution >= 4 is 16.8 Å². The van der Waals surface area contributed by atoms with Crippen LogP contribution in [-0.2, 0) is 0 Å². The van der Waals surface area contributed by atoms with Crippen LogP contribution >= 0.6 is 0 Å². The molecule has 0 radical (unpaired) electrons. The maximum Gasteiger partial charge on any atom is 0.252 e. The van der Waals surface area contributed by atoms with Gasteiger partial charge in [0.15, 0.2) is 0 Å². The second-order valence-electron chi connectivity index (χ2n) is 5.67. The number of benzene rings is 1. The van der Waals surface area contributed by atoms with Gasteiger partial charge in [0.2, 0.25) is 0 Å². The van der Waals surface area contributed by atoms with Crippen LogP contribution in [0.2, 0.25) is 0 Å². The highest BCUT2D eigenvalue weighted by Gasteiger charge is 2.21. The summed E-state index contributed by atoms with van der Waals surface area (Å²) in [5.74, 6) is 0.867. The first-order chi connectivity index (χ1) is 9.24. The van der Waals surface area contributed by atoms with Gasteiger partial charge in [0.25, 0.3) is 5.91 Å². The van der Waals surface area contributed by atoms with E-state index in [0.717, 1.165) is 35.2 Å². The predicted molar refractivity (Wildman–Crippen MR) is 77.2 cm³/mol. The minimum atomic E-state index is 0.0600. The van der Waals surface area contributed by atoms with Gasteiger partial charge in [0.05, 0.1) is 0 Å². The summed E-state index contributed by atoms with van der Waals surface area (Å²) in [7, 11) is 0. The van der Waals surface area contributed by atoms with Crippen LogP contribution in [0, 0.1) is 5.92 Å². The first kappa shape index (κ1) is 12.3. The largest absolute Gasteiger partial charge is 0.361 e. The van der Waals surface area contributed by atoms with Gasteiger partial charge >= 0.3 is 0 Å². The molecule has 1 amide bonds. The van der Waals surface area contributed by atoms with Crippen molar-refractivity contribution in [2.45, 2.75) is 38.6 Å². The lowest BCUT2D eigenvalue weighted by molar-refractivity contribution is 0.0924. The zero-order chi connectivity index (χ0) is 13.2. The number of carbonyl (C=O) groups excluding carboxylic acids is 1. The SMILES string of the molecule is C[C@H]1CC[C@H](NC(=O)c2cccc3[nH]ccc23)CC1. The number of aromatic amines is 1. The summed E-state index contributed by atoms with van der Waals surface area (Å²) in [4.78, 5) is 15.5. The number of H-pyrrole nitrogens is 1. The Morgan fingerprint density at radius 1 is 1.21 bits per heavy atom. The van der Waals surface area contributed by atoms with Crippen LogP contribution in [0.5, 0.6) is 0 Å². The third-order valence-corrected chi connectivity index (χ3v) is 4.19. The van der Waals surface area contributed by atoms with Gasteiger partial charge in [-0.05, 0) is 49.8 Å². The molecule has 1 aromatic heterocycles. The summed E-state index contributed by atoms with van der Waals surface area (Å²) in [5, 5.41) is 4.19. The summed E-state index contributed by atoms with van der Waals surface area (Å²) < 4.78 is 0. The van der Waals surface area contributed by atoms with Crippen LogP contribution < -0.4 is 5.32 Å². The Morgan fingerprint density at radius 3 is 2.79 bits per heavy atom. The molecule has 2 aromatic rings. The van der Waals surface area contributed by atoms with Crippen molar-refractivity contribution < 1.29 is 4.79 Å². The van der Waals surface area contributed by atoms with Crippen LogP contribution in [0.3, 0.4) is 0 Å². The molecule has 0 unspecified atom stereocenters. The molecule has 1 aromatic carbocycles. The summed E-state index contributed by atoms with van der Waals surface area (Å²) in [6.45, 7) is 2.29. The smallest absolute Gasteiger partial charge is 0.252 e. The van der Waals surface area contributed by atoms with Crippen LogP contribution in [0.1, 0.15) is 43.0 Å². The average Bonchev–Trinajstić information content (AvgIpc) is 2.89. The molecule has 0 atom stereocenters. The van der Waals surface area contributed by atoms with Gasteiger partial charge in [-0.3, -0.25) is 4.79 Å². The van der Waals surface area contributed by atoms with Gasteiger partial charge in [-0.1, -0.05) is 13.0 Å². The quantitative estimate of drug-likeness (QED) is 0.849. The lowest BCUT2D eigenvalue weighted by atomic mass is 9.87. The van der Waals surface area contributed by atoms with E-state index in [1.54, 1.807) is 0 Å². The number of rotatable bonds is 2. The highest BCUT2D eigenvalue weighted by molar-refractivity contribution is 6.06. The van der Waals surface area contributed by atoms with Crippen LogP contribution in [0.4, 0.5) is 0 Å². The lowest BCUT2D eigenvalue weighted by Crippen LogP contribution is -2.37. The van der Waals surface area contributed by atoms with E-state index in [0.29, 0.717) is 6.04 Å². The van der Waals surface area contributed by atoms with Crippen molar-refractivity contribution in [3.05, 3.63) is 36.0 Å². The highest BCUT2D eigenvalue weighted by atomic mass is 16.1. The summed E-state index contributed by atoms with van der Waals surface area (Å²) in [6.07, 6.45) is 6.54. The fraction of sp³-hybridized carbons (Fsp3) is 0.438. The zero-order valence-electron chi connectivity index (χ0n) is 11.3. The highest BCUT2D eigenvalue weighted by Crippen LogP contribution is 2.24. The maximum absolute atomic E-state index is 12.4. The number of fused-ring (bicyclic) bond motifs is 1. The monoisotopic (exact) mass is 256 g/mol. The Hall–Kier alpha value is -1.77. The molecule has 0 saturated heterocycles. The van der Waals surface area contributed by atoms with Crippen molar-refractivity contribution in [1.82, 2.24) is 10.3 Å². The second kappa shape index (κ2) is 5.08. The number of hydrogen-bond acceptors (Lipinski definition) is 1. The number of aromatic nitrogens is 1. The molecule has 3 rings (SSSR count). The van der Waals surface area contributed by atoms with Gasteiger partial charge in [-0.15, -0.1) is 0 Å². The average molecular weight is 256 g/mol. The van der Waals surface area contributed by atoms with Crippen molar-refractivity contribution in [2.75, 3.05) is 0 Å². The minimum absolute atomic E-state index is 0.0600. The van der Waals surface area contributed by atoms with Gasteiger partial charge < -0.3 is 10.3 Å². The molecule has 1 saturated carbocycles. The first-order valence-electron chi connectivity index (χ1n) is 7.11. The molecule has 19 heavy (non-hydrogen) atoms. The summed E-state index contributed by atoms with van der Waals surface area (Å²) >= 11 is 0. The summed E-state index contributed by atoms with van der Waals surface area (Å²) in [5.41, 5.74) is 1.79. The van der Waals surface area contributed by atoms with E-state index in [4.69, 9.17) is 0 Å². The molecule has 2 N–H and O–H groups in total. The third-order valence-electron chi connectivity index (χ3n) is 4.19. The van der Waals surface area contributed by atoms with E-state index in [1.807, 2.05) is 30.5 Å². The van der Waals surface area contributed by atoms with Crippen LogP contribution in [0.25, 0.3) is 10.9 Å². The Kier molecular flexibility index (Phi) is 3.28. The molecule has 1 heterocycles. The van der Waals surface area contributed by atoms with Crippen molar-refractivity contribution in [2.24, 2.45) is 5.92 Å². The van der Waals surface area contributed by atoms with Crippen molar-refractivity contribution in [3.63, 3.8) is 0 Å². The zero-order valence-corrected chi connectivity index (χ0v) is 11.3. The predicted octanol–water partition coefficient (Wildman–Crippen LogP) is 3.48. The van der Waals surface area contributed by atoms with Gasteiger partial charge in [-0.2, -0.15) is 0 Å². The molecular formula is C16H20N2O. The van der Waals surface area contributed by atoms with Gasteiger partial charge in [-0.25, -0.2) is 0 Å². The molecule has 0 aliphatic heterocycles. The summed E-state index contributed by atoms with van der Waals surface area (Å²) in [6, 6.07) is 8.13. The lowest BCUT2D eigenvalue weighted by Gasteiger charge is -2.27. The first-order valence-corrected chi connectivity index (χ1v) is 7.11. The second-order valence-corrected chi connectivity index (χ2v) is 5.67. The maximum atomic E-state index is 12.4. The van der Waals surface area contributed by atoms with Crippen LogP contribution in [0.15, 0.2) is 30.5 Å². The van der Waals surface area contributed by atoms with Gasteiger partial charge in [0.1, 0.15) is 0 Å². The van der Waals surface area contributed by atoms with Crippen molar-refractivity contribution in [1.29, 1.82) is 0 Å². The molecule has 0 spiro atoms. The topological polar surface area (TPSA) is 44.9 Å². The number of carbonyl (C=O) groups is 1. The fourth-order valence-electron chi connectivity index (χ4n) is 2.95. The number of hydrogen-bond donors (Lipinski definition) is 2. The van der Waals surface area contributed by atoms with E-state index < -0.39 is 0 Å². The van der Waals surface area contributed by atoms with E-state index in [2.05, 4.69) is 17.2 Å². The van der Waals surface area contributed by atoms with Gasteiger partial charge in [0, 0.05) is 28.7 Å². The van der Waals surface area contributed by atoms with E-state index in [9.17, 15) is 4.79 Å². The molecule has 0 bridgehead atoms. The molecule has 1 aliphatic rings. The fourth-order valence-corrected chi connectivity index (χ4v) is 2.95. The Balaban J connectivity index is 1.75.